The van der Waals surface area contributed by atoms with Crippen LogP contribution in [0.25, 0.3) is 0 Å². The summed E-state index contributed by atoms with van der Waals surface area (Å²) in [6.07, 6.45) is 2.36. The fourth-order valence-corrected chi connectivity index (χ4v) is 2.53. The quantitative estimate of drug-likeness (QED) is 0.488. The molecule has 0 saturated heterocycles. The van der Waals surface area contributed by atoms with E-state index in [1.807, 2.05) is 23.9 Å². The summed E-state index contributed by atoms with van der Waals surface area (Å²) in [6, 6.07) is 18.7. The molecule has 0 aliphatic carbocycles. The molecule has 0 atom stereocenters. The van der Waals surface area contributed by atoms with Crippen molar-refractivity contribution in [3.8, 4) is 0 Å². The van der Waals surface area contributed by atoms with E-state index < -0.39 is 0 Å². The van der Waals surface area contributed by atoms with Crippen LogP contribution in [0, 0.1) is 0 Å². The Bertz CT molecular complexity index is 436. The number of anilines is 1. The van der Waals surface area contributed by atoms with Gasteiger partial charge in [-0.05, 0) is 48.4 Å². The summed E-state index contributed by atoms with van der Waals surface area (Å²) in [5, 5.41) is 0. The number of nitrogen functional groups attached to an aromatic ring is 1. The van der Waals surface area contributed by atoms with Crippen molar-refractivity contribution in [1.29, 1.82) is 0 Å². The van der Waals surface area contributed by atoms with Crippen molar-refractivity contribution in [2.45, 2.75) is 17.7 Å². The summed E-state index contributed by atoms with van der Waals surface area (Å²) in [7, 11) is 0. The Hall–Kier alpha value is -1.41. The molecule has 0 bridgehead atoms. The van der Waals surface area contributed by atoms with Crippen molar-refractivity contribution in [1.82, 2.24) is 0 Å². The van der Waals surface area contributed by atoms with E-state index in [2.05, 4.69) is 42.5 Å². The van der Waals surface area contributed by atoms with Crippen molar-refractivity contribution < 1.29 is 0 Å². The molecule has 17 heavy (non-hydrogen) atoms. The molecule has 88 valence electrons. The zero-order valence-corrected chi connectivity index (χ0v) is 10.6. The van der Waals surface area contributed by atoms with Crippen LogP contribution in [-0.4, -0.2) is 5.75 Å². The topological polar surface area (TPSA) is 26.0 Å². The van der Waals surface area contributed by atoms with Crippen molar-refractivity contribution in [2.75, 3.05) is 11.5 Å². The molecule has 2 N–H and O–H groups in total. The second kappa shape index (κ2) is 6.36. The minimum Gasteiger partial charge on any atom is -0.399 e. The van der Waals surface area contributed by atoms with Crippen molar-refractivity contribution in [3.05, 3.63) is 60.2 Å². The number of hydrogen-bond donors (Lipinski definition) is 1. The number of aryl methyl sites for hydroxylation is 1. The van der Waals surface area contributed by atoms with E-state index >= 15 is 0 Å². The second-order valence-electron chi connectivity index (χ2n) is 4.01. The molecular weight excluding hydrogens is 226 g/mol. The maximum atomic E-state index is 5.65. The summed E-state index contributed by atoms with van der Waals surface area (Å²) in [4.78, 5) is 1.30. The van der Waals surface area contributed by atoms with Crippen LogP contribution in [0.4, 0.5) is 5.69 Å². The van der Waals surface area contributed by atoms with Gasteiger partial charge in [0.15, 0.2) is 0 Å². The smallest absolute Gasteiger partial charge is 0.0314 e. The first-order chi connectivity index (χ1) is 8.34. The lowest BCUT2D eigenvalue weighted by atomic mass is 10.1. The second-order valence-corrected chi connectivity index (χ2v) is 5.17. The van der Waals surface area contributed by atoms with E-state index in [0.29, 0.717) is 0 Å². The Balaban J connectivity index is 1.71. The lowest BCUT2D eigenvalue weighted by molar-refractivity contribution is 0.933. The predicted octanol–water partition coefficient (Wildman–Crippen LogP) is 3.99. The highest BCUT2D eigenvalue weighted by Gasteiger charge is 1.95. The standard InChI is InChI=1S/C15H17NS/c16-14-8-10-15(11-9-14)17-12-4-7-13-5-2-1-3-6-13/h1-3,5-6,8-11H,4,7,12,16H2. The summed E-state index contributed by atoms with van der Waals surface area (Å²) in [6.45, 7) is 0. The van der Waals surface area contributed by atoms with Gasteiger partial charge in [-0.2, -0.15) is 0 Å². The first kappa shape index (κ1) is 12.1. The van der Waals surface area contributed by atoms with Crippen LogP contribution in [0.3, 0.4) is 0 Å². The van der Waals surface area contributed by atoms with Gasteiger partial charge >= 0.3 is 0 Å². The van der Waals surface area contributed by atoms with Crippen molar-refractivity contribution in [3.63, 3.8) is 0 Å². The number of thioether (sulfide) groups is 1. The normalized spacial score (nSPS) is 10.4. The lowest BCUT2D eigenvalue weighted by Gasteiger charge is -2.02. The highest BCUT2D eigenvalue weighted by atomic mass is 32.2. The van der Waals surface area contributed by atoms with Crippen LogP contribution in [-0.2, 0) is 6.42 Å². The minimum atomic E-state index is 0.832. The predicted molar refractivity (Wildman–Crippen MR) is 76.3 cm³/mol. The fourth-order valence-electron chi connectivity index (χ4n) is 1.68. The molecule has 0 aliphatic rings. The van der Waals surface area contributed by atoms with Crippen LogP contribution >= 0.6 is 11.8 Å². The van der Waals surface area contributed by atoms with Gasteiger partial charge in [-0.25, -0.2) is 0 Å². The molecular formula is C15H17NS. The molecule has 1 nitrogen and oxygen atoms in total. The highest BCUT2D eigenvalue weighted by Crippen LogP contribution is 2.20. The summed E-state index contributed by atoms with van der Waals surface area (Å²) in [5.41, 5.74) is 7.90. The number of nitrogens with two attached hydrogens (primary N) is 1. The van der Waals surface area contributed by atoms with E-state index in [9.17, 15) is 0 Å². The Labute approximate surface area is 107 Å². The van der Waals surface area contributed by atoms with E-state index in [-0.39, 0.29) is 0 Å². The van der Waals surface area contributed by atoms with Gasteiger partial charge in [0.05, 0.1) is 0 Å². The summed E-state index contributed by atoms with van der Waals surface area (Å²) < 4.78 is 0. The molecule has 0 radical (unpaired) electrons. The van der Waals surface area contributed by atoms with Crippen LogP contribution in [0.5, 0.6) is 0 Å². The third-order valence-electron chi connectivity index (χ3n) is 2.60. The van der Waals surface area contributed by atoms with Gasteiger partial charge in [0.25, 0.3) is 0 Å². The minimum absolute atomic E-state index is 0.832. The molecule has 2 aromatic carbocycles. The van der Waals surface area contributed by atoms with Crippen molar-refractivity contribution >= 4 is 17.4 Å². The Morgan fingerprint density at radius 3 is 2.29 bits per heavy atom. The van der Waals surface area contributed by atoms with Gasteiger partial charge in [0.2, 0.25) is 0 Å². The van der Waals surface area contributed by atoms with Gasteiger partial charge in [-0.3, -0.25) is 0 Å². The van der Waals surface area contributed by atoms with Crippen LogP contribution in [0.1, 0.15) is 12.0 Å². The Morgan fingerprint density at radius 2 is 1.59 bits per heavy atom. The molecule has 0 spiro atoms. The number of benzene rings is 2. The van der Waals surface area contributed by atoms with Gasteiger partial charge in [0.1, 0.15) is 0 Å². The van der Waals surface area contributed by atoms with Gasteiger partial charge in [-0.1, -0.05) is 30.3 Å². The van der Waals surface area contributed by atoms with Gasteiger partial charge in [-0.15, -0.1) is 11.8 Å². The Kier molecular flexibility index (Phi) is 4.51. The van der Waals surface area contributed by atoms with E-state index in [0.717, 1.165) is 17.9 Å². The van der Waals surface area contributed by atoms with E-state index in [1.165, 1.54) is 16.9 Å². The monoisotopic (exact) mass is 243 g/mol. The van der Waals surface area contributed by atoms with Crippen LogP contribution < -0.4 is 5.73 Å². The average molecular weight is 243 g/mol. The average Bonchev–Trinajstić information content (AvgIpc) is 2.38. The summed E-state index contributed by atoms with van der Waals surface area (Å²) >= 11 is 1.89. The van der Waals surface area contributed by atoms with Crippen molar-refractivity contribution in [2.24, 2.45) is 0 Å². The zero-order valence-electron chi connectivity index (χ0n) is 9.80. The zero-order chi connectivity index (χ0) is 11.9. The van der Waals surface area contributed by atoms with Gasteiger partial charge < -0.3 is 5.73 Å². The first-order valence-corrected chi connectivity index (χ1v) is 6.85. The SMILES string of the molecule is Nc1ccc(SCCCc2ccccc2)cc1. The molecule has 0 saturated carbocycles. The molecule has 2 rings (SSSR count). The number of rotatable bonds is 5. The van der Waals surface area contributed by atoms with Gasteiger partial charge in [0, 0.05) is 10.6 Å². The maximum absolute atomic E-state index is 5.65. The molecule has 0 amide bonds. The van der Waals surface area contributed by atoms with Crippen LogP contribution in [0.15, 0.2) is 59.5 Å². The highest BCUT2D eigenvalue weighted by molar-refractivity contribution is 7.99. The first-order valence-electron chi connectivity index (χ1n) is 5.87. The molecule has 0 aromatic heterocycles. The lowest BCUT2D eigenvalue weighted by Crippen LogP contribution is -1.87. The third-order valence-corrected chi connectivity index (χ3v) is 3.70. The molecule has 2 aromatic rings. The molecule has 0 fully saturated rings. The van der Waals surface area contributed by atoms with E-state index in [4.69, 9.17) is 5.73 Å². The maximum Gasteiger partial charge on any atom is 0.0314 e. The van der Waals surface area contributed by atoms with Crippen LogP contribution in [0.2, 0.25) is 0 Å². The molecule has 0 heterocycles. The third kappa shape index (κ3) is 4.16. The largest absolute Gasteiger partial charge is 0.399 e. The summed E-state index contributed by atoms with van der Waals surface area (Å²) in [5.74, 6) is 1.15. The molecule has 0 unspecified atom stereocenters. The molecule has 0 aliphatic heterocycles. The van der Waals surface area contributed by atoms with E-state index in [1.54, 1.807) is 0 Å². The number of hydrogen-bond acceptors (Lipinski definition) is 2. The Morgan fingerprint density at radius 1 is 0.882 bits per heavy atom. The molecule has 2 heteroatoms. The fraction of sp³-hybridized carbons (Fsp3) is 0.200.